The second-order valence-corrected chi connectivity index (χ2v) is 10.8. The number of fused-ring (bicyclic) bond motifs is 5. The Balaban J connectivity index is 1.48. The van der Waals surface area contributed by atoms with Crippen molar-refractivity contribution in [3.05, 3.63) is 34.4 Å². The largest absolute Gasteiger partial charge is 0.431 e. The summed E-state index contributed by atoms with van der Waals surface area (Å²) in [6.45, 7) is 4.73. The lowest BCUT2D eigenvalue weighted by molar-refractivity contribution is -0.205. The van der Waals surface area contributed by atoms with Crippen LogP contribution in [0, 0.1) is 28.6 Å². The van der Waals surface area contributed by atoms with Crippen LogP contribution in [0.1, 0.15) is 83.1 Å². The maximum atomic E-state index is 12.2. The van der Waals surface area contributed by atoms with Crippen molar-refractivity contribution >= 4 is 0 Å². The van der Waals surface area contributed by atoms with E-state index in [0.29, 0.717) is 17.8 Å². The van der Waals surface area contributed by atoms with Gasteiger partial charge in [-0.15, -0.1) is 0 Å². The summed E-state index contributed by atoms with van der Waals surface area (Å²) in [7, 11) is 0. The molecule has 1 aromatic rings. The van der Waals surface area contributed by atoms with Crippen molar-refractivity contribution in [3.63, 3.8) is 0 Å². The Morgan fingerprint density at radius 3 is 2.57 bits per heavy atom. The summed E-state index contributed by atoms with van der Waals surface area (Å²) in [5, 5.41) is 22.4. The Bertz CT molecular complexity index is 797. The molecule has 154 valence electrons. The summed E-state index contributed by atoms with van der Waals surface area (Å²) >= 11 is 0. The minimum atomic E-state index is -0.638. The van der Waals surface area contributed by atoms with Crippen LogP contribution in [-0.2, 0) is 0 Å². The van der Waals surface area contributed by atoms with Crippen molar-refractivity contribution in [2.45, 2.75) is 89.3 Å². The second-order valence-electron chi connectivity index (χ2n) is 10.8. The molecule has 4 aliphatic rings. The third-order valence-corrected chi connectivity index (χ3v) is 9.95. The lowest BCUT2D eigenvalue weighted by Gasteiger charge is -2.63. The van der Waals surface area contributed by atoms with Crippen molar-refractivity contribution in [1.29, 1.82) is 0 Å². The SMILES string of the molecule is C[C@]12CC[C@H](O)CC1CC[C@@H]1[C@@H]2CC[C@]2(C)[C@@H](c3ccc(=O)oc3)CC[C@]12O. The topological polar surface area (TPSA) is 70.7 Å². The summed E-state index contributed by atoms with van der Waals surface area (Å²) < 4.78 is 5.17. The van der Waals surface area contributed by atoms with Crippen molar-refractivity contribution in [2.75, 3.05) is 0 Å². The summed E-state index contributed by atoms with van der Waals surface area (Å²) in [5.41, 5.74) is 0.219. The van der Waals surface area contributed by atoms with Gasteiger partial charge in [0.1, 0.15) is 0 Å². The number of aliphatic hydroxyl groups is 2. The van der Waals surface area contributed by atoms with Crippen molar-refractivity contribution in [1.82, 2.24) is 0 Å². The highest BCUT2D eigenvalue weighted by Crippen LogP contribution is 2.70. The van der Waals surface area contributed by atoms with Gasteiger partial charge in [-0.2, -0.15) is 0 Å². The molecule has 4 heteroatoms. The smallest absolute Gasteiger partial charge is 0.335 e. The molecule has 4 fully saturated rings. The second kappa shape index (κ2) is 6.18. The first-order valence-electron chi connectivity index (χ1n) is 11.3. The fourth-order valence-corrected chi connectivity index (χ4v) is 8.30. The van der Waals surface area contributed by atoms with Crippen LogP contribution in [0.4, 0.5) is 0 Å². The average Bonchev–Trinajstić information content (AvgIpc) is 2.95. The van der Waals surface area contributed by atoms with Crippen LogP contribution in [0.15, 0.2) is 27.6 Å². The predicted molar refractivity (Wildman–Crippen MR) is 107 cm³/mol. The van der Waals surface area contributed by atoms with Crippen molar-refractivity contribution in [3.8, 4) is 0 Å². The Labute approximate surface area is 167 Å². The molecular formula is C24H34O4. The lowest BCUT2D eigenvalue weighted by Crippen LogP contribution is -2.62. The zero-order valence-electron chi connectivity index (χ0n) is 17.2. The van der Waals surface area contributed by atoms with Crippen molar-refractivity contribution in [2.24, 2.45) is 28.6 Å². The average molecular weight is 387 g/mol. The third-order valence-electron chi connectivity index (χ3n) is 9.95. The minimum absolute atomic E-state index is 0.129. The quantitative estimate of drug-likeness (QED) is 0.757. The highest BCUT2D eigenvalue weighted by Gasteiger charge is 2.67. The van der Waals surface area contributed by atoms with Gasteiger partial charge in [-0.25, -0.2) is 4.79 Å². The molecule has 4 aliphatic carbocycles. The van der Waals surface area contributed by atoms with Gasteiger partial charge < -0.3 is 14.6 Å². The Morgan fingerprint density at radius 2 is 1.82 bits per heavy atom. The Hall–Kier alpha value is -1.13. The van der Waals surface area contributed by atoms with Gasteiger partial charge in [0.05, 0.1) is 18.0 Å². The summed E-state index contributed by atoms with van der Waals surface area (Å²) in [5.74, 6) is 1.76. The first-order valence-corrected chi connectivity index (χ1v) is 11.3. The minimum Gasteiger partial charge on any atom is -0.431 e. The molecule has 0 amide bonds. The molecule has 0 spiro atoms. The van der Waals surface area contributed by atoms with Gasteiger partial charge in [0.15, 0.2) is 0 Å². The number of aliphatic hydroxyl groups excluding tert-OH is 1. The van der Waals surface area contributed by atoms with E-state index in [1.54, 1.807) is 6.26 Å². The van der Waals surface area contributed by atoms with Crippen LogP contribution < -0.4 is 5.63 Å². The van der Waals surface area contributed by atoms with Crippen LogP contribution in [0.3, 0.4) is 0 Å². The van der Waals surface area contributed by atoms with E-state index in [0.717, 1.165) is 56.9 Å². The van der Waals surface area contributed by atoms with Crippen LogP contribution >= 0.6 is 0 Å². The van der Waals surface area contributed by atoms with E-state index >= 15 is 0 Å². The Morgan fingerprint density at radius 1 is 1.00 bits per heavy atom. The van der Waals surface area contributed by atoms with E-state index in [9.17, 15) is 15.0 Å². The molecule has 1 heterocycles. The molecule has 28 heavy (non-hydrogen) atoms. The van der Waals surface area contributed by atoms with Crippen molar-refractivity contribution < 1.29 is 14.6 Å². The Kier molecular flexibility index (Phi) is 4.17. The normalized spacial score (nSPS) is 50.5. The molecule has 8 atom stereocenters. The molecule has 4 nitrogen and oxygen atoms in total. The molecule has 0 aromatic carbocycles. The molecular weight excluding hydrogens is 352 g/mol. The summed E-state index contributed by atoms with van der Waals surface area (Å²) in [6, 6.07) is 3.42. The number of hydrogen-bond donors (Lipinski definition) is 2. The van der Waals surface area contributed by atoms with E-state index in [-0.39, 0.29) is 28.5 Å². The summed E-state index contributed by atoms with van der Waals surface area (Å²) in [6.07, 6.45) is 10.7. The standard InChI is InChI=1S/C24H34O4/c1-22-10-7-17(25)13-16(22)4-5-20-19(22)8-11-23(2)18(9-12-24(20,23)27)15-3-6-21(26)28-14-15/h3,6,14,16-20,25,27H,4-5,7-13H2,1-2H3/t16?,17-,18+,19-,20+,22-,23+,24-/m0/s1. The van der Waals surface area contributed by atoms with Gasteiger partial charge in [-0.1, -0.05) is 13.8 Å². The maximum absolute atomic E-state index is 12.2. The molecule has 0 saturated heterocycles. The van der Waals surface area contributed by atoms with Gasteiger partial charge in [0.2, 0.25) is 0 Å². The molecule has 0 bridgehead atoms. The van der Waals surface area contributed by atoms with Gasteiger partial charge in [-0.05, 0) is 98.5 Å². The van der Waals surface area contributed by atoms with E-state index in [1.807, 2.05) is 6.07 Å². The molecule has 1 unspecified atom stereocenters. The van der Waals surface area contributed by atoms with Crippen LogP contribution in [-0.4, -0.2) is 21.9 Å². The number of hydrogen-bond acceptors (Lipinski definition) is 4. The molecule has 1 aromatic heterocycles. The van der Waals surface area contributed by atoms with E-state index in [2.05, 4.69) is 13.8 Å². The number of rotatable bonds is 1. The molecule has 0 aliphatic heterocycles. The van der Waals surface area contributed by atoms with Gasteiger partial charge in [-0.3, -0.25) is 0 Å². The van der Waals surface area contributed by atoms with Gasteiger partial charge >= 0.3 is 5.63 Å². The highest BCUT2D eigenvalue weighted by molar-refractivity contribution is 5.27. The molecule has 0 radical (unpaired) electrons. The lowest BCUT2D eigenvalue weighted by atomic mass is 9.43. The van der Waals surface area contributed by atoms with E-state index in [1.165, 1.54) is 12.5 Å². The van der Waals surface area contributed by atoms with Crippen LogP contribution in [0.2, 0.25) is 0 Å². The zero-order valence-corrected chi connectivity index (χ0v) is 17.2. The van der Waals surface area contributed by atoms with Gasteiger partial charge in [0.25, 0.3) is 0 Å². The molecule has 4 saturated carbocycles. The summed E-state index contributed by atoms with van der Waals surface area (Å²) in [4.78, 5) is 11.4. The van der Waals surface area contributed by atoms with E-state index < -0.39 is 5.60 Å². The van der Waals surface area contributed by atoms with Crippen LogP contribution in [0.5, 0.6) is 0 Å². The maximum Gasteiger partial charge on any atom is 0.335 e. The third kappa shape index (κ3) is 2.40. The first kappa shape index (κ1) is 18.9. The predicted octanol–water partition coefficient (Wildman–Crippen LogP) is 4.24. The molecule has 5 rings (SSSR count). The van der Waals surface area contributed by atoms with Crippen LogP contribution in [0.25, 0.3) is 0 Å². The van der Waals surface area contributed by atoms with Gasteiger partial charge in [0, 0.05) is 11.5 Å². The fourth-order valence-electron chi connectivity index (χ4n) is 8.30. The highest BCUT2D eigenvalue weighted by atomic mass is 16.4. The fraction of sp³-hybridized carbons (Fsp3) is 0.792. The molecule has 2 N–H and O–H groups in total. The van der Waals surface area contributed by atoms with E-state index in [4.69, 9.17) is 4.42 Å². The monoisotopic (exact) mass is 386 g/mol. The first-order chi connectivity index (χ1) is 13.3. The zero-order chi connectivity index (χ0) is 19.7.